The van der Waals surface area contributed by atoms with Gasteiger partial charge in [-0.15, -0.1) is 0 Å². The predicted octanol–water partition coefficient (Wildman–Crippen LogP) is 2.58. The maximum absolute atomic E-state index is 14.2. The topological polar surface area (TPSA) is 85.2 Å². The molecule has 1 aromatic carbocycles. The zero-order valence-electron chi connectivity index (χ0n) is 18.7. The molecule has 0 N–H and O–H groups in total. The number of carbonyl (C=O) groups excluding carboxylic acids is 2. The van der Waals surface area contributed by atoms with Crippen molar-refractivity contribution in [2.75, 3.05) is 44.2 Å². The highest BCUT2D eigenvalue weighted by atomic mass is 19.1. The van der Waals surface area contributed by atoms with Crippen molar-refractivity contribution in [2.45, 2.75) is 12.5 Å². The van der Waals surface area contributed by atoms with Crippen LogP contribution in [0.25, 0.3) is 0 Å². The molecule has 0 bridgehead atoms. The number of benzene rings is 1. The number of urea groups is 1. The quantitative estimate of drug-likeness (QED) is 0.624. The molecule has 1 aromatic heterocycles. The van der Waals surface area contributed by atoms with E-state index in [0.29, 0.717) is 51.3 Å². The minimum absolute atomic E-state index is 0.202. The van der Waals surface area contributed by atoms with Gasteiger partial charge in [-0.25, -0.2) is 32.9 Å². The van der Waals surface area contributed by atoms with E-state index < -0.39 is 29.4 Å². The van der Waals surface area contributed by atoms with E-state index in [4.69, 9.17) is 0 Å². The van der Waals surface area contributed by atoms with E-state index in [0.717, 1.165) is 17.8 Å². The summed E-state index contributed by atoms with van der Waals surface area (Å²) in [5, 5.41) is 5.36. The Morgan fingerprint density at radius 2 is 1.66 bits per heavy atom. The van der Waals surface area contributed by atoms with Gasteiger partial charge in [0.15, 0.2) is 11.5 Å². The molecule has 4 heterocycles. The standard InChI is InChI=1S/C23H22F3N7O2/c1-14-12-32(13-14)21(34)20-18(26)11-27-22(29-20)30-4-6-31(7-5-30)23(35)33-19(2-3-28-33)15-8-16(24)10-17(25)9-15/h3,8-11,19H,1-2,4-7,12-13H2. The number of piperazine rings is 1. The van der Waals surface area contributed by atoms with Gasteiger partial charge in [-0.2, -0.15) is 5.10 Å². The van der Waals surface area contributed by atoms with Crippen molar-refractivity contribution >= 4 is 24.1 Å². The lowest BCUT2D eigenvalue weighted by molar-refractivity contribution is 0.0716. The Bertz CT molecular complexity index is 1200. The Labute approximate surface area is 199 Å². The van der Waals surface area contributed by atoms with Crippen molar-refractivity contribution < 1.29 is 22.8 Å². The van der Waals surface area contributed by atoms with Crippen LogP contribution in [0.2, 0.25) is 0 Å². The highest BCUT2D eigenvalue weighted by molar-refractivity contribution is 5.94. The highest BCUT2D eigenvalue weighted by Gasteiger charge is 2.34. The van der Waals surface area contributed by atoms with Crippen molar-refractivity contribution in [3.05, 3.63) is 65.3 Å². The Kier molecular flexibility index (Phi) is 5.87. The average molecular weight is 485 g/mol. The number of anilines is 1. The third kappa shape index (κ3) is 4.43. The van der Waals surface area contributed by atoms with Gasteiger partial charge in [-0.1, -0.05) is 6.58 Å². The van der Waals surface area contributed by atoms with E-state index in [1.807, 2.05) is 0 Å². The van der Waals surface area contributed by atoms with E-state index >= 15 is 0 Å². The summed E-state index contributed by atoms with van der Waals surface area (Å²) in [7, 11) is 0. The van der Waals surface area contributed by atoms with Gasteiger partial charge in [0.1, 0.15) is 11.6 Å². The van der Waals surface area contributed by atoms with Gasteiger partial charge in [0.25, 0.3) is 5.91 Å². The number of likely N-dealkylation sites (tertiary alicyclic amines) is 1. The zero-order chi connectivity index (χ0) is 24.7. The minimum Gasteiger partial charge on any atom is -0.337 e. The van der Waals surface area contributed by atoms with Gasteiger partial charge < -0.3 is 14.7 Å². The summed E-state index contributed by atoms with van der Waals surface area (Å²) in [5.74, 6) is -2.54. The molecule has 35 heavy (non-hydrogen) atoms. The van der Waals surface area contributed by atoms with Crippen LogP contribution in [0.4, 0.5) is 23.9 Å². The third-order valence-corrected chi connectivity index (χ3v) is 6.18. The molecular formula is C23H22F3N7O2. The van der Waals surface area contributed by atoms with Crippen LogP contribution in [0.1, 0.15) is 28.5 Å². The average Bonchev–Trinajstić information content (AvgIpc) is 3.31. The van der Waals surface area contributed by atoms with E-state index in [-0.39, 0.29) is 17.7 Å². The van der Waals surface area contributed by atoms with E-state index in [2.05, 4.69) is 21.6 Å². The zero-order valence-corrected chi connectivity index (χ0v) is 18.7. The second-order valence-electron chi connectivity index (χ2n) is 8.63. The summed E-state index contributed by atoms with van der Waals surface area (Å²) >= 11 is 0. The number of hydrogen-bond acceptors (Lipinski definition) is 6. The van der Waals surface area contributed by atoms with E-state index in [1.165, 1.54) is 22.0 Å². The molecule has 2 fully saturated rings. The molecule has 1 unspecified atom stereocenters. The predicted molar refractivity (Wildman–Crippen MR) is 120 cm³/mol. The number of aromatic nitrogens is 2. The number of carbonyl (C=O) groups is 2. The second kappa shape index (κ2) is 9.01. The number of halogens is 3. The summed E-state index contributed by atoms with van der Waals surface area (Å²) in [6, 6.07) is 2.18. The van der Waals surface area contributed by atoms with Crippen LogP contribution in [0.5, 0.6) is 0 Å². The second-order valence-corrected chi connectivity index (χ2v) is 8.63. The number of amides is 3. The fourth-order valence-corrected chi connectivity index (χ4v) is 4.33. The third-order valence-electron chi connectivity index (χ3n) is 6.18. The Hall–Kier alpha value is -3.96. The van der Waals surface area contributed by atoms with Crippen molar-refractivity contribution in [3.8, 4) is 0 Å². The first-order chi connectivity index (χ1) is 16.8. The molecule has 0 saturated carbocycles. The van der Waals surface area contributed by atoms with E-state index in [1.54, 1.807) is 16.0 Å². The molecule has 2 saturated heterocycles. The lowest BCUT2D eigenvalue weighted by atomic mass is 10.0. The van der Waals surface area contributed by atoms with Crippen molar-refractivity contribution in [1.29, 1.82) is 0 Å². The lowest BCUT2D eigenvalue weighted by Crippen LogP contribution is -2.52. The maximum Gasteiger partial charge on any atom is 0.341 e. The summed E-state index contributed by atoms with van der Waals surface area (Å²) in [6.45, 7) is 5.82. The van der Waals surface area contributed by atoms with Crippen molar-refractivity contribution in [2.24, 2.45) is 5.10 Å². The van der Waals surface area contributed by atoms with Crippen LogP contribution in [-0.2, 0) is 0 Å². The van der Waals surface area contributed by atoms with E-state index in [9.17, 15) is 22.8 Å². The Morgan fingerprint density at radius 3 is 2.31 bits per heavy atom. The molecule has 182 valence electrons. The minimum atomic E-state index is -0.795. The molecule has 3 aliphatic heterocycles. The first-order valence-electron chi connectivity index (χ1n) is 11.1. The lowest BCUT2D eigenvalue weighted by Gasteiger charge is -2.37. The van der Waals surface area contributed by atoms with Crippen LogP contribution >= 0.6 is 0 Å². The van der Waals surface area contributed by atoms with Crippen LogP contribution in [-0.4, -0.2) is 82.2 Å². The summed E-state index contributed by atoms with van der Waals surface area (Å²) in [4.78, 5) is 38.6. The number of nitrogens with zero attached hydrogens (tertiary/aromatic N) is 7. The molecule has 0 aliphatic carbocycles. The summed E-state index contributed by atoms with van der Waals surface area (Å²) < 4.78 is 41.6. The molecule has 0 spiro atoms. The number of hydrazone groups is 1. The Morgan fingerprint density at radius 1 is 0.971 bits per heavy atom. The van der Waals surface area contributed by atoms with Crippen molar-refractivity contribution in [1.82, 2.24) is 24.8 Å². The van der Waals surface area contributed by atoms with Crippen LogP contribution in [0, 0.1) is 17.5 Å². The molecule has 2 aromatic rings. The number of hydrogen-bond donors (Lipinski definition) is 0. The Balaban J connectivity index is 1.24. The molecule has 3 amide bonds. The molecule has 3 aliphatic rings. The maximum atomic E-state index is 14.2. The number of rotatable bonds is 3. The largest absolute Gasteiger partial charge is 0.341 e. The molecule has 0 radical (unpaired) electrons. The molecule has 9 nitrogen and oxygen atoms in total. The van der Waals surface area contributed by atoms with Gasteiger partial charge in [0.2, 0.25) is 5.95 Å². The smallest absolute Gasteiger partial charge is 0.337 e. The molecular weight excluding hydrogens is 463 g/mol. The van der Waals surface area contributed by atoms with Gasteiger partial charge in [0, 0.05) is 58.0 Å². The fraction of sp³-hybridized carbons (Fsp3) is 0.348. The van der Waals surface area contributed by atoms with Gasteiger partial charge in [0.05, 0.1) is 12.2 Å². The van der Waals surface area contributed by atoms with Gasteiger partial charge in [-0.3, -0.25) is 4.79 Å². The fourth-order valence-electron chi connectivity index (χ4n) is 4.33. The summed E-state index contributed by atoms with van der Waals surface area (Å²) in [5.41, 5.74) is 0.924. The van der Waals surface area contributed by atoms with Crippen LogP contribution in [0.15, 0.2) is 41.6 Å². The first kappa shape index (κ1) is 22.8. The molecule has 1 atom stereocenters. The first-order valence-corrected chi connectivity index (χ1v) is 11.1. The van der Waals surface area contributed by atoms with Crippen molar-refractivity contribution in [3.63, 3.8) is 0 Å². The van der Waals surface area contributed by atoms with Crippen LogP contribution < -0.4 is 4.90 Å². The van der Waals surface area contributed by atoms with Crippen LogP contribution in [0.3, 0.4) is 0 Å². The summed E-state index contributed by atoms with van der Waals surface area (Å²) in [6.07, 6.45) is 2.86. The monoisotopic (exact) mass is 485 g/mol. The normalized spacial score (nSPS) is 19.9. The van der Waals surface area contributed by atoms with Gasteiger partial charge >= 0.3 is 6.03 Å². The molecule has 5 rings (SSSR count). The SMILES string of the molecule is C=C1CN(C(=O)c2nc(N3CCN(C(=O)N4N=CCC4c4cc(F)cc(F)c4)CC3)ncc2F)C1. The highest BCUT2D eigenvalue weighted by Crippen LogP contribution is 2.30. The molecule has 12 heteroatoms. The van der Waals surface area contributed by atoms with Gasteiger partial charge in [-0.05, 0) is 23.3 Å².